The zero-order chi connectivity index (χ0) is 15.0. The molecule has 20 heavy (non-hydrogen) atoms. The predicted molar refractivity (Wildman–Crippen MR) is 85.7 cm³/mol. The zero-order valence-electron chi connectivity index (χ0n) is 14.0. The lowest BCUT2D eigenvalue weighted by atomic mass is 9.89. The normalized spacial score (nSPS) is 23.6. The third-order valence-electron chi connectivity index (χ3n) is 4.84. The highest BCUT2D eigenvalue weighted by molar-refractivity contribution is 5.76. The van der Waals surface area contributed by atoms with Crippen molar-refractivity contribution in [2.24, 2.45) is 11.8 Å². The van der Waals surface area contributed by atoms with Gasteiger partial charge in [0.2, 0.25) is 5.91 Å². The molecule has 0 spiro atoms. The van der Waals surface area contributed by atoms with E-state index in [1.807, 2.05) is 18.7 Å². The molecule has 1 saturated carbocycles. The smallest absolute Gasteiger partial charge is 0.223 e. The summed E-state index contributed by atoms with van der Waals surface area (Å²) in [7, 11) is 0. The van der Waals surface area contributed by atoms with E-state index < -0.39 is 0 Å². The summed E-state index contributed by atoms with van der Waals surface area (Å²) in [5.41, 5.74) is 0. The van der Waals surface area contributed by atoms with E-state index in [1.54, 1.807) is 0 Å². The lowest BCUT2D eigenvalue weighted by molar-refractivity contribution is -0.130. The highest BCUT2D eigenvalue weighted by atomic mass is 16.2. The summed E-state index contributed by atoms with van der Waals surface area (Å²) in [6.45, 7) is 11.3. The summed E-state index contributed by atoms with van der Waals surface area (Å²) in [4.78, 5) is 13.9. The summed E-state index contributed by atoms with van der Waals surface area (Å²) in [6.07, 6.45) is 7.27. The van der Waals surface area contributed by atoms with E-state index in [1.165, 1.54) is 32.1 Å². The van der Waals surface area contributed by atoms with E-state index in [4.69, 9.17) is 0 Å². The number of hydrogen-bond acceptors (Lipinski definition) is 2. The lowest BCUT2D eigenvalue weighted by Gasteiger charge is -2.21. The Morgan fingerprint density at radius 1 is 1.15 bits per heavy atom. The highest BCUT2D eigenvalue weighted by Gasteiger charge is 2.20. The van der Waals surface area contributed by atoms with Crippen molar-refractivity contribution in [2.75, 3.05) is 19.6 Å². The molecule has 0 radical (unpaired) electrons. The maximum atomic E-state index is 11.9. The van der Waals surface area contributed by atoms with Crippen molar-refractivity contribution >= 4 is 5.91 Å². The Morgan fingerprint density at radius 3 is 2.45 bits per heavy atom. The largest absolute Gasteiger partial charge is 0.343 e. The molecule has 1 rings (SSSR count). The van der Waals surface area contributed by atoms with Crippen molar-refractivity contribution in [3.63, 3.8) is 0 Å². The number of carbonyl (C=O) groups excluding carboxylic acids is 1. The van der Waals surface area contributed by atoms with Gasteiger partial charge in [0.05, 0.1) is 0 Å². The van der Waals surface area contributed by atoms with Crippen molar-refractivity contribution in [3.8, 4) is 0 Å². The van der Waals surface area contributed by atoms with Gasteiger partial charge in [0.1, 0.15) is 0 Å². The minimum atomic E-state index is 0.288. The van der Waals surface area contributed by atoms with E-state index in [2.05, 4.69) is 19.2 Å². The van der Waals surface area contributed by atoms with E-state index in [-0.39, 0.29) is 5.91 Å². The van der Waals surface area contributed by atoms with Crippen LogP contribution >= 0.6 is 0 Å². The first kappa shape index (κ1) is 17.5. The molecule has 3 heteroatoms. The Labute approximate surface area is 125 Å². The van der Waals surface area contributed by atoms with Crippen LogP contribution < -0.4 is 5.32 Å². The second-order valence-electron chi connectivity index (χ2n) is 6.48. The Hall–Kier alpha value is -0.570. The molecule has 0 aromatic rings. The molecule has 3 nitrogen and oxygen atoms in total. The minimum absolute atomic E-state index is 0.288. The van der Waals surface area contributed by atoms with Gasteiger partial charge in [0, 0.05) is 32.1 Å². The highest BCUT2D eigenvalue weighted by Crippen LogP contribution is 2.28. The quantitative estimate of drug-likeness (QED) is 0.726. The molecule has 1 N–H and O–H groups in total. The molecule has 1 aliphatic carbocycles. The van der Waals surface area contributed by atoms with Crippen LogP contribution in [0.2, 0.25) is 0 Å². The van der Waals surface area contributed by atoms with Crippen LogP contribution in [0, 0.1) is 11.8 Å². The fraction of sp³-hybridized carbons (Fsp3) is 0.941. The molecule has 0 bridgehead atoms. The molecular formula is C17H34N2O. The first-order valence-electron chi connectivity index (χ1n) is 8.59. The molecule has 1 fully saturated rings. The number of carbonyl (C=O) groups is 1. The van der Waals surface area contributed by atoms with Crippen molar-refractivity contribution in [3.05, 3.63) is 0 Å². The van der Waals surface area contributed by atoms with Gasteiger partial charge in [-0.2, -0.15) is 0 Å². The molecule has 0 heterocycles. The van der Waals surface area contributed by atoms with Crippen LogP contribution in [0.4, 0.5) is 0 Å². The molecule has 1 amide bonds. The third kappa shape index (κ3) is 5.82. The standard InChI is InChI=1S/C17H34N2O/c1-5-19(6-2)17(20)12-13-18-16-9-7-8-15(10-11-16)14(3)4/h14-16,18H,5-13H2,1-4H3. The topological polar surface area (TPSA) is 32.3 Å². The molecule has 1 aliphatic rings. The minimum Gasteiger partial charge on any atom is -0.343 e. The van der Waals surface area contributed by atoms with E-state index in [0.29, 0.717) is 12.5 Å². The van der Waals surface area contributed by atoms with Crippen LogP contribution in [0.5, 0.6) is 0 Å². The molecule has 0 aromatic carbocycles. The summed E-state index contributed by atoms with van der Waals surface area (Å²) >= 11 is 0. The molecular weight excluding hydrogens is 248 g/mol. The maximum Gasteiger partial charge on any atom is 0.223 e. The summed E-state index contributed by atoms with van der Waals surface area (Å²) < 4.78 is 0. The van der Waals surface area contributed by atoms with E-state index in [0.717, 1.165) is 31.5 Å². The van der Waals surface area contributed by atoms with Gasteiger partial charge in [-0.15, -0.1) is 0 Å². The SMILES string of the molecule is CCN(CC)C(=O)CCNC1CCCC(C(C)C)CC1. The number of nitrogens with zero attached hydrogens (tertiary/aromatic N) is 1. The molecule has 118 valence electrons. The molecule has 0 aromatic heterocycles. The second kappa shape index (κ2) is 9.38. The number of amides is 1. The zero-order valence-corrected chi connectivity index (χ0v) is 14.0. The van der Waals surface area contributed by atoms with E-state index >= 15 is 0 Å². The summed E-state index contributed by atoms with van der Waals surface area (Å²) in [6, 6.07) is 0.628. The van der Waals surface area contributed by atoms with Gasteiger partial charge in [0.15, 0.2) is 0 Å². The number of rotatable bonds is 7. The molecule has 0 aliphatic heterocycles. The first-order chi connectivity index (χ1) is 9.58. The van der Waals surface area contributed by atoms with Crippen molar-refractivity contribution in [2.45, 2.75) is 72.3 Å². The van der Waals surface area contributed by atoms with Gasteiger partial charge in [-0.05, 0) is 44.9 Å². The molecule has 0 saturated heterocycles. The Balaban J connectivity index is 2.23. The monoisotopic (exact) mass is 282 g/mol. The van der Waals surface area contributed by atoms with Gasteiger partial charge in [-0.25, -0.2) is 0 Å². The predicted octanol–water partition coefficient (Wildman–Crippen LogP) is 3.44. The van der Waals surface area contributed by atoms with Crippen molar-refractivity contribution < 1.29 is 4.79 Å². The van der Waals surface area contributed by atoms with Gasteiger partial charge in [0.25, 0.3) is 0 Å². The average Bonchev–Trinajstić information content (AvgIpc) is 2.66. The van der Waals surface area contributed by atoms with Crippen molar-refractivity contribution in [1.82, 2.24) is 10.2 Å². The number of nitrogens with one attached hydrogen (secondary N) is 1. The van der Waals surface area contributed by atoms with Crippen LogP contribution in [0.15, 0.2) is 0 Å². The fourth-order valence-corrected chi connectivity index (χ4v) is 3.32. The summed E-state index contributed by atoms with van der Waals surface area (Å²) in [5.74, 6) is 2.01. The Bertz CT molecular complexity index is 274. The van der Waals surface area contributed by atoms with Crippen molar-refractivity contribution in [1.29, 1.82) is 0 Å². The fourth-order valence-electron chi connectivity index (χ4n) is 3.32. The average molecular weight is 282 g/mol. The van der Waals surface area contributed by atoms with Crippen LogP contribution in [0.25, 0.3) is 0 Å². The van der Waals surface area contributed by atoms with E-state index in [9.17, 15) is 4.79 Å². The third-order valence-corrected chi connectivity index (χ3v) is 4.84. The van der Waals surface area contributed by atoms with Gasteiger partial charge in [-0.3, -0.25) is 4.79 Å². The van der Waals surface area contributed by atoms with Crippen LogP contribution in [-0.2, 0) is 4.79 Å². The van der Waals surface area contributed by atoms with Gasteiger partial charge < -0.3 is 10.2 Å². The molecule has 2 unspecified atom stereocenters. The second-order valence-corrected chi connectivity index (χ2v) is 6.48. The number of hydrogen-bond donors (Lipinski definition) is 1. The van der Waals surface area contributed by atoms with Crippen LogP contribution in [-0.4, -0.2) is 36.5 Å². The molecule has 2 atom stereocenters. The lowest BCUT2D eigenvalue weighted by Crippen LogP contribution is -2.35. The van der Waals surface area contributed by atoms with Crippen LogP contribution in [0.3, 0.4) is 0 Å². The van der Waals surface area contributed by atoms with Gasteiger partial charge in [-0.1, -0.05) is 26.7 Å². The Morgan fingerprint density at radius 2 is 1.85 bits per heavy atom. The van der Waals surface area contributed by atoms with Crippen LogP contribution in [0.1, 0.15) is 66.2 Å². The Kier molecular flexibility index (Phi) is 8.20. The van der Waals surface area contributed by atoms with Gasteiger partial charge >= 0.3 is 0 Å². The maximum absolute atomic E-state index is 11.9. The first-order valence-corrected chi connectivity index (χ1v) is 8.59. The summed E-state index contributed by atoms with van der Waals surface area (Å²) in [5, 5.41) is 3.61.